The Morgan fingerprint density at radius 3 is 2.92 bits per heavy atom. The highest BCUT2D eigenvalue weighted by Gasteiger charge is 1.95. The van der Waals surface area contributed by atoms with Crippen LogP contribution in [0.15, 0.2) is 12.1 Å². The van der Waals surface area contributed by atoms with E-state index in [1.165, 1.54) is 0 Å². The van der Waals surface area contributed by atoms with Gasteiger partial charge in [-0.1, -0.05) is 12.0 Å². The minimum atomic E-state index is 0.343. The summed E-state index contributed by atoms with van der Waals surface area (Å²) in [6.45, 7) is 2.28. The van der Waals surface area contributed by atoms with Crippen LogP contribution >= 0.6 is 0 Å². The third-order valence-corrected chi connectivity index (χ3v) is 1.43. The zero-order chi connectivity index (χ0) is 8.97. The van der Waals surface area contributed by atoms with Gasteiger partial charge in [-0.05, 0) is 24.5 Å². The number of hydrogen-bond donors (Lipinski definition) is 2. The lowest BCUT2D eigenvalue weighted by Crippen LogP contribution is -1.97. The van der Waals surface area contributed by atoms with E-state index in [1.807, 2.05) is 13.0 Å². The normalized spacial score (nSPS) is 8.83. The lowest BCUT2D eigenvalue weighted by Gasteiger charge is -1.97. The Kier molecular flexibility index (Phi) is 2.67. The predicted octanol–water partition coefficient (Wildman–Crippen LogP) is 0.282. The highest BCUT2D eigenvalue weighted by atomic mass is 14.8. The van der Waals surface area contributed by atoms with E-state index in [9.17, 15) is 0 Å². The number of nitrogens with zero attached hydrogens (tertiary/aromatic N) is 1. The Labute approximate surface area is 71.8 Å². The molecule has 0 amide bonds. The van der Waals surface area contributed by atoms with Gasteiger partial charge >= 0.3 is 0 Å². The molecule has 1 rings (SSSR count). The molecule has 0 saturated heterocycles. The number of hydrogen-bond acceptors (Lipinski definition) is 3. The van der Waals surface area contributed by atoms with E-state index >= 15 is 0 Å². The summed E-state index contributed by atoms with van der Waals surface area (Å²) in [5.41, 5.74) is 12.4. The van der Waals surface area contributed by atoms with Crippen LogP contribution in [0.5, 0.6) is 0 Å². The quantitative estimate of drug-likeness (QED) is 0.537. The fourth-order valence-corrected chi connectivity index (χ4v) is 0.805. The van der Waals surface area contributed by atoms with Crippen LogP contribution in [-0.2, 0) is 0 Å². The molecule has 0 bridgehead atoms. The number of nitrogen functional groups attached to an aromatic ring is 1. The van der Waals surface area contributed by atoms with Crippen LogP contribution in [0.1, 0.15) is 11.3 Å². The van der Waals surface area contributed by atoms with Crippen molar-refractivity contribution in [3.05, 3.63) is 23.4 Å². The highest BCUT2D eigenvalue weighted by Crippen LogP contribution is 2.05. The van der Waals surface area contributed by atoms with E-state index in [-0.39, 0.29) is 0 Å². The van der Waals surface area contributed by atoms with Crippen LogP contribution in [0.2, 0.25) is 0 Å². The molecule has 0 unspecified atom stereocenters. The first-order valence-corrected chi connectivity index (χ1v) is 3.66. The molecule has 3 heteroatoms. The molecule has 0 saturated carbocycles. The van der Waals surface area contributed by atoms with Crippen molar-refractivity contribution in [2.75, 3.05) is 12.3 Å². The molecule has 0 fully saturated rings. The molecule has 1 aromatic rings. The summed E-state index contributed by atoms with van der Waals surface area (Å²) >= 11 is 0. The van der Waals surface area contributed by atoms with Crippen molar-refractivity contribution in [1.82, 2.24) is 4.98 Å². The van der Waals surface area contributed by atoms with Crippen molar-refractivity contribution in [1.29, 1.82) is 0 Å². The van der Waals surface area contributed by atoms with Gasteiger partial charge in [-0.15, -0.1) is 0 Å². The minimum absolute atomic E-state index is 0.343. The summed E-state index contributed by atoms with van der Waals surface area (Å²) in [5, 5.41) is 0. The monoisotopic (exact) mass is 161 g/mol. The van der Waals surface area contributed by atoms with Gasteiger partial charge in [0, 0.05) is 0 Å². The molecule has 3 nitrogen and oxygen atoms in total. The van der Waals surface area contributed by atoms with E-state index in [4.69, 9.17) is 11.5 Å². The van der Waals surface area contributed by atoms with E-state index in [2.05, 4.69) is 16.8 Å². The van der Waals surface area contributed by atoms with Crippen LogP contribution in [-0.4, -0.2) is 11.5 Å². The van der Waals surface area contributed by atoms with Crippen LogP contribution in [0.3, 0.4) is 0 Å². The molecule has 1 aromatic heterocycles. The van der Waals surface area contributed by atoms with Gasteiger partial charge in [0.2, 0.25) is 0 Å². The second kappa shape index (κ2) is 3.74. The number of aryl methyl sites for hydroxylation is 1. The Bertz CT molecular complexity index is 333. The number of anilines is 1. The number of pyridine rings is 1. The van der Waals surface area contributed by atoms with E-state index < -0.39 is 0 Å². The molecule has 0 aliphatic rings. The lowest BCUT2D eigenvalue weighted by molar-refractivity contribution is 1.23. The van der Waals surface area contributed by atoms with Gasteiger partial charge in [0.15, 0.2) is 0 Å². The molecule has 0 aromatic carbocycles. The maximum atomic E-state index is 5.49. The minimum Gasteiger partial charge on any atom is -0.384 e. The smallest absolute Gasteiger partial charge is 0.124 e. The molecule has 4 N–H and O–H groups in total. The van der Waals surface area contributed by atoms with Gasteiger partial charge in [-0.3, -0.25) is 0 Å². The molecule has 0 aliphatic heterocycles. The van der Waals surface area contributed by atoms with Crippen LogP contribution in [0.4, 0.5) is 5.82 Å². The van der Waals surface area contributed by atoms with Crippen LogP contribution < -0.4 is 11.5 Å². The fraction of sp³-hybridized carbons (Fsp3) is 0.222. The van der Waals surface area contributed by atoms with Gasteiger partial charge in [0.1, 0.15) is 11.5 Å². The average molecular weight is 161 g/mol. The summed E-state index contributed by atoms with van der Waals surface area (Å²) < 4.78 is 0. The first kappa shape index (κ1) is 8.57. The Morgan fingerprint density at radius 1 is 1.50 bits per heavy atom. The predicted molar refractivity (Wildman–Crippen MR) is 49.3 cm³/mol. The zero-order valence-corrected chi connectivity index (χ0v) is 6.96. The SMILES string of the molecule is Cc1ccc(N)nc1C#CCN. The summed E-state index contributed by atoms with van der Waals surface area (Å²) in [4.78, 5) is 4.06. The fourth-order valence-electron chi connectivity index (χ4n) is 0.805. The Hall–Kier alpha value is -1.53. The summed E-state index contributed by atoms with van der Waals surface area (Å²) in [6, 6.07) is 3.64. The zero-order valence-electron chi connectivity index (χ0n) is 6.96. The van der Waals surface area contributed by atoms with Crippen molar-refractivity contribution in [3.63, 3.8) is 0 Å². The maximum Gasteiger partial charge on any atom is 0.124 e. The molecule has 1 heterocycles. The maximum absolute atomic E-state index is 5.49. The molecule has 0 spiro atoms. The molecule has 12 heavy (non-hydrogen) atoms. The third-order valence-electron chi connectivity index (χ3n) is 1.43. The highest BCUT2D eigenvalue weighted by molar-refractivity contribution is 5.41. The van der Waals surface area contributed by atoms with E-state index in [0.717, 1.165) is 5.56 Å². The van der Waals surface area contributed by atoms with Gasteiger partial charge in [-0.25, -0.2) is 4.98 Å². The topological polar surface area (TPSA) is 64.9 Å². The van der Waals surface area contributed by atoms with Crippen molar-refractivity contribution < 1.29 is 0 Å². The molecule has 0 atom stereocenters. The molecule has 62 valence electrons. The first-order valence-electron chi connectivity index (χ1n) is 3.66. The number of rotatable bonds is 0. The summed E-state index contributed by atoms with van der Waals surface area (Å²) in [5.74, 6) is 6.07. The van der Waals surface area contributed by atoms with Crippen molar-refractivity contribution in [3.8, 4) is 11.8 Å². The van der Waals surface area contributed by atoms with Crippen molar-refractivity contribution in [2.24, 2.45) is 5.73 Å². The Morgan fingerprint density at radius 2 is 2.25 bits per heavy atom. The van der Waals surface area contributed by atoms with Crippen molar-refractivity contribution >= 4 is 5.82 Å². The van der Waals surface area contributed by atoms with Gasteiger partial charge in [0.05, 0.1) is 6.54 Å². The van der Waals surface area contributed by atoms with E-state index in [1.54, 1.807) is 6.07 Å². The van der Waals surface area contributed by atoms with Gasteiger partial charge in [-0.2, -0.15) is 0 Å². The van der Waals surface area contributed by atoms with Crippen LogP contribution in [0.25, 0.3) is 0 Å². The second-order valence-electron chi connectivity index (χ2n) is 2.41. The van der Waals surface area contributed by atoms with Crippen LogP contribution in [0, 0.1) is 18.8 Å². The summed E-state index contributed by atoms with van der Waals surface area (Å²) in [7, 11) is 0. The molecule has 0 radical (unpaired) electrons. The van der Waals surface area contributed by atoms with Gasteiger partial charge in [0.25, 0.3) is 0 Å². The largest absolute Gasteiger partial charge is 0.384 e. The third kappa shape index (κ3) is 1.97. The summed E-state index contributed by atoms with van der Waals surface area (Å²) in [6.07, 6.45) is 0. The van der Waals surface area contributed by atoms with Gasteiger partial charge < -0.3 is 11.5 Å². The first-order chi connectivity index (χ1) is 5.74. The molecular weight excluding hydrogens is 150 g/mol. The number of aromatic nitrogens is 1. The lowest BCUT2D eigenvalue weighted by atomic mass is 10.2. The average Bonchev–Trinajstić information content (AvgIpc) is 2.07. The second-order valence-corrected chi connectivity index (χ2v) is 2.41. The van der Waals surface area contributed by atoms with Crippen molar-refractivity contribution in [2.45, 2.75) is 6.92 Å². The molecular formula is C9H11N3. The number of nitrogens with two attached hydrogens (primary N) is 2. The Balaban J connectivity index is 3.05. The standard InChI is InChI=1S/C9H11N3/c1-7-4-5-9(11)12-8(7)3-2-6-10/h4-5H,6,10H2,1H3,(H2,11,12). The molecule has 0 aliphatic carbocycles. The van der Waals surface area contributed by atoms with E-state index in [0.29, 0.717) is 18.1 Å².